The van der Waals surface area contributed by atoms with Crippen LogP contribution in [0.25, 0.3) is 21.2 Å². The summed E-state index contributed by atoms with van der Waals surface area (Å²) in [6.45, 7) is 1.44. The van der Waals surface area contributed by atoms with E-state index in [0.717, 1.165) is 34.3 Å². The van der Waals surface area contributed by atoms with Gasteiger partial charge in [0.25, 0.3) is 5.91 Å². The Kier molecular flexibility index (Phi) is 5.51. The number of amides is 1. The molecule has 0 saturated carbocycles. The van der Waals surface area contributed by atoms with Crippen LogP contribution in [0, 0.1) is 0 Å². The van der Waals surface area contributed by atoms with Gasteiger partial charge in [0.15, 0.2) is 10.9 Å². The van der Waals surface area contributed by atoms with E-state index in [2.05, 4.69) is 4.90 Å². The van der Waals surface area contributed by atoms with Gasteiger partial charge in [-0.3, -0.25) is 9.69 Å². The van der Waals surface area contributed by atoms with E-state index in [1.54, 1.807) is 18.1 Å². The first-order valence-corrected chi connectivity index (χ1v) is 10.3. The number of aromatic nitrogens is 1. The van der Waals surface area contributed by atoms with Gasteiger partial charge in [0.05, 0.1) is 17.3 Å². The van der Waals surface area contributed by atoms with Gasteiger partial charge in [-0.1, -0.05) is 29.5 Å². The summed E-state index contributed by atoms with van der Waals surface area (Å²) >= 11 is 1.48. The number of ether oxygens (including phenoxy) is 1. The van der Waals surface area contributed by atoms with Gasteiger partial charge in [0.2, 0.25) is 0 Å². The van der Waals surface area contributed by atoms with Crippen LogP contribution >= 0.6 is 11.3 Å². The quantitative estimate of drug-likeness (QED) is 0.445. The fourth-order valence-electron chi connectivity index (χ4n) is 3.18. The summed E-state index contributed by atoms with van der Waals surface area (Å²) in [6.07, 6.45) is 0.832. The third-order valence-corrected chi connectivity index (χ3v) is 5.72. The molecular weight excluding hydrogens is 386 g/mol. The van der Waals surface area contributed by atoms with Crippen LogP contribution in [-0.4, -0.2) is 50.1 Å². The number of nitrogens with zero attached hydrogens (tertiary/aromatic N) is 3. The molecular formula is C22H23N3O3S. The monoisotopic (exact) mass is 409 g/mol. The van der Waals surface area contributed by atoms with E-state index in [1.165, 1.54) is 11.3 Å². The Bertz CT molecular complexity index is 1120. The number of hydrogen-bond donors (Lipinski definition) is 0. The molecule has 2 aromatic carbocycles. The molecule has 150 valence electrons. The molecule has 0 radical (unpaired) electrons. The number of carbonyl (C=O) groups is 1. The molecule has 1 amide bonds. The largest absolute Gasteiger partial charge is 0.497 e. The van der Waals surface area contributed by atoms with Crippen LogP contribution in [0.1, 0.15) is 17.0 Å². The summed E-state index contributed by atoms with van der Waals surface area (Å²) in [6, 6.07) is 15.2. The molecule has 6 nitrogen and oxygen atoms in total. The van der Waals surface area contributed by atoms with Crippen molar-refractivity contribution in [2.75, 3.05) is 39.2 Å². The molecule has 0 aliphatic carbocycles. The number of rotatable bonds is 7. The molecule has 0 bridgehead atoms. The van der Waals surface area contributed by atoms with Crippen molar-refractivity contribution < 1.29 is 13.9 Å². The zero-order valence-corrected chi connectivity index (χ0v) is 17.5. The van der Waals surface area contributed by atoms with Crippen molar-refractivity contribution in [1.29, 1.82) is 0 Å². The van der Waals surface area contributed by atoms with E-state index in [4.69, 9.17) is 14.1 Å². The van der Waals surface area contributed by atoms with E-state index in [1.807, 2.05) is 56.6 Å². The summed E-state index contributed by atoms with van der Waals surface area (Å²) in [5, 5.41) is 1.58. The van der Waals surface area contributed by atoms with Gasteiger partial charge in [-0.2, -0.15) is 0 Å². The van der Waals surface area contributed by atoms with Gasteiger partial charge < -0.3 is 14.1 Å². The second kappa shape index (κ2) is 8.23. The van der Waals surface area contributed by atoms with Crippen LogP contribution in [0.15, 0.2) is 52.9 Å². The number of methoxy groups -OCH3 is 1. The Morgan fingerprint density at radius 2 is 1.97 bits per heavy atom. The lowest BCUT2D eigenvalue weighted by molar-refractivity contribution is 0.0961. The third-order valence-electron chi connectivity index (χ3n) is 4.68. The fraction of sp³-hybridized carbons (Fsp3) is 0.273. The number of carbonyl (C=O) groups excluding carboxylic acids is 1. The molecule has 7 heteroatoms. The standard InChI is InChI=1S/C22H23N3O3S/c1-24(2)11-6-12-25(21(26)19-13-15-7-4-5-8-18(15)28-19)22-23-17-10-9-16(27-3)14-20(17)29-22/h4-5,7-10,13-14H,6,11-12H2,1-3H3. The maximum atomic E-state index is 13.4. The van der Waals surface area contributed by atoms with Crippen molar-refractivity contribution in [2.24, 2.45) is 0 Å². The van der Waals surface area contributed by atoms with Gasteiger partial charge in [0.1, 0.15) is 11.3 Å². The van der Waals surface area contributed by atoms with Gasteiger partial charge in [-0.15, -0.1) is 0 Å². The molecule has 0 atom stereocenters. The van der Waals surface area contributed by atoms with Crippen molar-refractivity contribution in [3.63, 3.8) is 0 Å². The normalized spacial score (nSPS) is 11.4. The smallest absolute Gasteiger partial charge is 0.295 e. The van der Waals surface area contributed by atoms with Crippen LogP contribution in [-0.2, 0) is 0 Å². The number of furan rings is 1. The Balaban J connectivity index is 1.69. The van der Waals surface area contributed by atoms with Gasteiger partial charge in [-0.05, 0) is 57.4 Å². The average Bonchev–Trinajstić information content (AvgIpc) is 3.33. The summed E-state index contributed by atoms with van der Waals surface area (Å²) in [5.74, 6) is 0.925. The van der Waals surface area contributed by atoms with Crippen LogP contribution in [0.3, 0.4) is 0 Å². The van der Waals surface area contributed by atoms with Crippen LogP contribution in [0.5, 0.6) is 5.75 Å². The minimum atomic E-state index is -0.175. The lowest BCUT2D eigenvalue weighted by Gasteiger charge is -2.19. The molecule has 4 aromatic rings. The highest BCUT2D eigenvalue weighted by molar-refractivity contribution is 7.22. The molecule has 0 unspecified atom stereocenters. The molecule has 0 spiro atoms. The summed E-state index contributed by atoms with van der Waals surface area (Å²) in [4.78, 5) is 21.9. The molecule has 0 saturated heterocycles. The molecule has 2 heterocycles. The highest BCUT2D eigenvalue weighted by Crippen LogP contribution is 2.33. The SMILES string of the molecule is COc1ccc2nc(N(CCCN(C)C)C(=O)c3cc4ccccc4o3)sc2c1. The first-order chi connectivity index (χ1) is 14.0. The van der Waals surface area contributed by atoms with E-state index in [0.29, 0.717) is 23.0 Å². The Morgan fingerprint density at radius 1 is 1.14 bits per heavy atom. The van der Waals surface area contributed by atoms with Crippen LogP contribution in [0.2, 0.25) is 0 Å². The number of fused-ring (bicyclic) bond motifs is 2. The molecule has 29 heavy (non-hydrogen) atoms. The van der Waals surface area contributed by atoms with Crippen LogP contribution in [0.4, 0.5) is 5.13 Å². The minimum Gasteiger partial charge on any atom is -0.497 e. The highest BCUT2D eigenvalue weighted by atomic mass is 32.1. The maximum Gasteiger partial charge on any atom is 0.295 e. The van der Waals surface area contributed by atoms with E-state index < -0.39 is 0 Å². The lowest BCUT2D eigenvalue weighted by atomic mass is 10.2. The second-order valence-electron chi connectivity index (χ2n) is 7.09. The Hall–Kier alpha value is -2.90. The van der Waals surface area contributed by atoms with Crippen molar-refractivity contribution in [3.05, 3.63) is 54.3 Å². The lowest BCUT2D eigenvalue weighted by Crippen LogP contribution is -2.33. The molecule has 4 rings (SSSR count). The minimum absolute atomic E-state index is 0.175. The van der Waals surface area contributed by atoms with Gasteiger partial charge >= 0.3 is 0 Å². The number of hydrogen-bond acceptors (Lipinski definition) is 6. The van der Waals surface area contributed by atoms with Gasteiger partial charge in [0, 0.05) is 11.9 Å². The predicted octanol–water partition coefficient (Wildman–Crippen LogP) is 4.65. The maximum absolute atomic E-state index is 13.4. The molecule has 0 N–H and O–H groups in total. The number of para-hydroxylation sites is 1. The topological polar surface area (TPSA) is 58.8 Å². The van der Waals surface area contributed by atoms with Crippen molar-refractivity contribution in [2.45, 2.75) is 6.42 Å². The van der Waals surface area contributed by atoms with E-state index in [9.17, 15) is 4.79 Å². The molecule has 0 fully saturated rings. The Labute approximate surface area is 173 Å². The van der Waals surface area contributed by atoms with Gasteiger partial charge in [-0.25, -0.2) is 4.98 Å². The van der Waals surface area contributed by atoms with E-state index in [-0.39, 0.29) is 5.91 Å². The van der Waals surface area contributed by atoms with Crippen molar-refractivity contribution >= 4 is 43.6 Å². The average molecular weight is 410 g/mol. The fourth-order valence-corrected chi connectivity index (χ4v) is 4.20. The number of benzene rings is 2. The second-order valence-corrected chi connectivity index (χ2v) is 8.10. The first-order valence-electron chi connectivity index (χ1n) is 9.45. The zero-order valence-electron chi connectivity index (χ0n) is 16.7. The first kappa shape index (κ1) is 19.4. The molecule has 2 aromatic heterocycles. The number of thiazole rings is 1. The van der Waals surface area contributed by atoms with Crippen LogP contribution < -0.4 is 9.64 Å². The summed E-state index contributed by atoms with van der Waals surface area (Å²) in [5.41, 5.74) is 1.55. The summed E-state index contributed by atoms with van der Waals surface area (Å²) in [7, 11) is 5.69. The number of anilines is 1. The van der Waals surface area contributed by atoms with E-state index >= 15 is 0 Å². The Morgan fingerprint density at radius 3 is 2.72 bits per heavy atom. The van der Waals surface area contributed by atoms with Crippen molar-refractivity contribution in [3.8, 4) is 5.75 Å². The highest BCUT2D eigenvalue weighted by Gasteiger charge is 2.24. The zero-order chi connectivity index (χ0) is 20.4. The van der Waals surface area contributed by atoms with Crippen molar-refractivity contribution in [1.82, 2.24) is 9.88 Å². The molecule has 0 aliphatic heterocycles. The molecule has 0 aliphatic rings. The predicted molar refractivity (Wildman–Crippen MR) is 117 cm³/mol. The summed E-state index contributed by atoms with van der Waals surface area (Å²) < 4.78 is 12.1. The third kappa shape index (κ3) is 4.11.